The number of fused-ring (bicyclic) bond motifs is 1. The molecule has 3 rings (SSSR count). The molecule has 3 nitrogen and oxygen atoms in total. The van der Waals surface area contributed by atoms with Gasteiger partial charge in [-0.2, -0.15) is 0 Å². The van der Waals surface area contributed by atoms with Gasteiger partial charge in [-0.1, -0.05) is 13.0 Å². The van der Waals surface area contributed by atoms with Gasteiger partial charge in [0.05, 0.1) is 23.4 Å². The highest BCUT2D eigenvalue weighted by molar-refractivity contribution is 5.32. The fourth-order valence-electron chi connectivity index (χ4n) is 4.99. The third kappa shape index (κ3) is 2.12. The van der Waals surface area contributed by atoms with Crippen LogP contribution in [0.5, 0.6) is 0 Å². The van der Waals surface area contributed by atoms with Crippen LogP contribution in [0.3, 0.4) is 0 Å². The molecule has 0 aromatic heterocycles. The second kappa shape index (κ2) is 4.81. The number of aliphatic hydroxyl groups excluding tert-OH is 2. The van der Waals surface area contributed by atoms with E-state index in [-0.39, 0.29) is 28.8 Å². The SMILES string of the molecule is C[C@@H](O)CCC1=CCC[C@@]2(C)[C@H](O)C[C@@H]3C[C@]12OC3(C)C. The van der Waals surface area contributed by atoms with Gasteiger partial charge in [0, 0.05) is 5.41 Å². The van der Waals surface area contributed by atoms with E-state index in [2.05, 4.69) is 26.8 Å². The van der Waals surface area contributed by atoms with E-state index in [9.17, 15) is 10.2 Å². The standard InChI is InChI=1S/C18H30O3/c1-12(19)7-8-13-6-5-9-17(4)15(20)10-14-11-18(13,17)21-16(14,2)3/h6,12,14-15,19-20H,5,7-11H2,1-4H3/t12-,14-,15-,17+,18+/m1/s1. The Morgan fingerprint density at radius 2 is 2.10 bits per heavy atom. The average molecular weight is 294 g/mol. The molecule has 0 radical (unpaired) electrons. The van der Waals surface area contributed by atoms with Crippen molar-refractivity contribution >= 4 is 0 Å². The van der Waals surface area contributed by atoms with Gasteiger partial charge in [-0.3, -0.25) is 0 Å². The molecule has 1 spiro atoms. The van der Waals surface area contributed by atoms with Crippen LogP contribution in [-0.2, 0) is 4.74 Å². The minimum Gasteiger partial charge on any atom is -0.393 e. The largest absolute Gasteiger partial charge is 0.393 e. The van der Waals surface area contributed by atoms with Gasteiger partial charge >= 0.3 is 0 Å². The zero-order chi connectivity index (χ0) is 15.5. The predicted octanol–water partition coefficient (Wildman–Crippen LogP) is 3.19. The molecule has 0 amide bonds. The fraction of sp³-hybridized carbons (Fsp3) is 0.889. The molecular weight excluding hydrogens is 264 g/mol. The first-order chi connectivity index (χ1) is 9.71. The minimum absolute atomic E-state index is 0.167. The average Bonchev–Trinajstić information content (AvgIpc) is 2.60. The first-order valence-corrected chi connectivity index (χ1v) is 8.47. The lowest BCUT2D eigenvalue weighted by Crippen LogP contribution is -2.58. The summed E-state index contributed by atoms with van der Waals surface area (Å²) in [5.74, 6) is 0.425. The molecule has 2 bridgehead atoms. The number of ether oxygens (including phenoxy) is 1. The third-order valence-electron chi connectivity index (χ3n) is 6.52. The molecule has 5 atom stereocenters. The van der Waals surface area contributed by atoms with Gasteiger partial charge in [-0.05, 0) is 70.8 Å². The molecule has 1 saturated heterocycles. The normalized spacial score (nSPS) is 45.9. The summed E-state index contributed by atoms with van der Waals surface area (Å²) >= 11 is 0. The van der Waals surface area contributed by atoms with Crippen molar-refractivity contribution in [2.24, 2.45) is 11.3 Å². The summed E-state index contributed by atoms with van der Waals surface area (Å²) < 4.78 is 6.67. The Morgan fingerprint density at radius 3 is 2.76 bits per heavy atom. The molecule has 1 saturated carbocycles. The van der Waals surface area contributed by atoms with Crippen molar-refractivity contribution < 1.29 is 14.9 Å². The van der Waals surface area contributed by atoms with Crippen LogP contribution in [0.1, 0.15) is 66.2 Å². The van der Waals surface area contributed by atoms with Crippen molar-refractivity contribution in [2.45, 2.75) is 89.6 Å². The van der Waals surface area contributed by atoms with Gasteiger partial charge in [0.1, 0.15) is 0 Å². The van der Waals surface area contributed by atoms with Gasteiger partial charge in [0.2, 0.25) is 0 Å². The van der Waals surface area contributed by atoms with Crippen molar-refractivity contribution in [3.8, 4) is 0 Å². The lowest BCUT2D eigenvalue weighted by atomic mass is 9.53. The zero-order valence-electron chi connectivity index (χ0n) is 13.9. The molecule has 120 valence electrons. The summed E-state index contributed by atoms with van der Waals surface area (Å²) in [6.07, 6.45) is 7.29. The van der Waals surface area contributed by atoms with Crippen LogP contribution in [0.2, 0.25) is 0 Å². The molecule has 21 heavy (non-hydrogen) atoms. The van der Waals surface area contributed by atoms with Crippen LogP contribution in [-0.4, -0.2) is 33.6 Å². The second-order valence-corrected chi connectivity index (χ2v) is 8.26. The van der Waals surface area contributed by atoms with Crippen molar-refractivity contribution in [1.82, 2.24) is 0 Å². The predicted molar refractivity (Wildman–Crippen MR) is 83.0 cm³/mol. The van der Waals surface area contributed by atoms with Crippen LogP contribution >= 0.6 is 0 Å². The first kappa shape index (κ1) is 15.5. The van der Waals surface area contributed by atoms with E-state index in [1.807, 2.05) is 6.92 Å². The molecule has 3 aliphatic rings. The Labute approximate surface area is 128 Å². The molecule has 0 aromatic rings. The number of allylic oxidation sites excluding steroid dienone is 1. The Hall–Kier alpha value is -0.380. The fourth-order valence-corrected chi connectivity index (χ4v) is 4.99. The summed E-state index contributed by atoms with van der Waals surface area (Å²) in [4.78, 5) is 0. The summed E-state index contributed by atoms with van der Waals surface area (Å²) in [7, 11) is 0. The van der Waals surface area contributed by atoms with Crippen molar-refractivity contribution in [3.05, 3.63) is 11.6 Å². The first-order valence-electron chi connectivity index (χ1n) is 8.47. The van der Waals surface area contributed by atoms with E-state index in [1.54, 1.807) is 0 Å². The van der Waals surface area contributed by atoms with Crippen molar-refractivity contribution in [2.75, 3.05) is 0 Å². The number of rotatable bonds is 3. The van der Waals surface area contributed by atoms with E-state index in [4.69, 9.17) is 4.74 Å². The zero-order valence-corrected chi connectivity index (χ0v) is 13.9. The highest BCUT2D eigenvalue weighted by Crippen LogP contribution is 2.65. The summed E-state index contributed by atoms with van der Waals surface area (Å²) in [5, 5.41) is 20.5. The number of aliphatic hydroxyl groups is 2. The summed E-state index contributed by atoms with van der Waals surface area (Å²) in [6, 6.07) is 0. The molecule has 3 heteroatoms. The topological polar surface area (TPSA) is 49.7 Å². The lowest BCUT2D eigenvalue weighted by Gasteiger charge is -2.54. The molecule has 0 aromatic carbocycles. The highest BCUT2D eigenvalue weighted by Gasteiger charge is 2.67. The Balaban J connectivity index is 1.99. The van der Waals surface area contributed by atoms with Crippen LogP contribution in [0, 0.1) is 11.3 Å². The summed E-state index contributed by atoms with van der Waals surface area (Å²) in [6.45, 7) is 8.40. The van der Waals surface area contributed by atoms with Gasteiger partial charge in [-0.15, -0.1) is 0 Å². The maximum atomic E-state index is 10.8. The molecule has 2 fully saturated rings. The molecule has 2 N–H and O–H groups in total. The van der Waals surface area contributed by atoms with Crippen LogP contribution in [0.4, 0.5) is 0 Å². The Kier molecular flexibility index (Phi) is 3.55. The molecular formula is C18H30O3. The van der Waals surface area contributed by atoms with Crippen LogP contribution < -0.4 is 0 Å². The maximum Gasteiger partial charge on any atom is 0.0980 e. The Bertz CT molecular complexity index is 453. The lowest BCUT2D eigenvalue weighted by molar-refractivity contribution is -0.163. The van der Waals surface area contributed by atoms with E-state index >= 15 is 0 Å². The highest BCUT2D eigenvalue weighted by atomic mass is 16.5. The smallest absolute Gasteiger partial charge is 0.0980 e. The number of hydrogen-bond donors (Lipinski definition) is 2. The molecule has 0 unspecified atom stereocenters. The van der Waals surface area contributed by atoms with Crippen LogP contribution in [0.15, 0.2) is 11.6 Å². The van der Waals surface area contributed by atoms with Crippen LogP contribution in [0.25, 0.3) is 0 Å². The minimum atomic E-state index is -0.314. The van der Waals surface area contributed by atoms with Gasteiger partial charge in [-0.25, -0.2) is 0 Å². The Morgan fingerprint density at radius 1 is 1.38 bits per heavy atom. The molecule has 1 heterocycles. The third-order valence-corrected chi connectivity index (χ3v) is 6.52. The second-order valence-electron chi connectivity index (χ2n) is 8.26. The monoisotopic (exact) mass is 294 g/mol. The maximum absolute atomic E-state index is 10.8. The van der Waals surface area contributed by atoms with Gasteiger partial charge in [0.25, 0.3) is 0 Å². The van der Waals surface area contributed by atoms with Gasteiger partial charge in [0.15, 0.2) is 0 Å². The molecule has 2 aliphatic carbocycles. The van der Waals surface area contributed by atoms with Crippen molar-refractivity contribution in [1.29, 1.82) is 0 Å². The quantitative estimate of drug-likeness (QED) is 0.786. The molecule has 1 aliphatic heterocycles. The number of hydrogen-bond acceptors (Lipinski definition) is 3. The van der Waals surface area contributed by atoms with E-state index in [0.717, 1.165) is 38.5 Å². The van der Waals surface area contributed by atoms with Crippen molar-refractivity contribution in [3.63, 3.8) is 0 Å². The summed E-state index contributed by atoms with van der Waals surface area (Å²) in [5.41, 5.74) is 0.665. The van der Waals surface area contributed by atoms with E-state index in [0.29, 0.717) is 5.92 Å². The van der Waals surface area contributed by atoms with E-state index in [1.165, 1.54) is 5.57 Å². The van der Waals surface area contributed by atoms with Gasteiger partial charge < -0.3 is 14.9 Å². The van der Waals surface area contributed by atoms with E-state index < -0.39 is 0 Å².